The van der Waals surface area contributed by atoms with Gasteiger partial charge in [-0.05, 0) is 49.2 Å². The number of alkyl halides is 3. The summed E-state index contributed by atoms with van der Waals surface area (Å²) in [5.74, 6) is 0.608. The van der Waals surface area contributed by atoms with Crippen LogP contribution in [0.15, 0.2) is 42.5 Å². The molecule has 9 heteroatoms. The van der Waals surface area contributed by atoms with Gasteiger partial charge >= 0.3 is 6.18 Å². The lowest BCUT2D eigenvalue weighted by molar-refractivity contribution is -0.140. The van der Waals surface area contributed by atoms with E-state index in [-0.39, 0.29) is 17.3 Å². The lowest BCUT2D eigenvalue weighted by Crippen LogP contribution is -2.39. The molecule has 5 rings (SSSR count). The summed E-state index contributed by atoms with van der Waals surface area (Å²) in [5.41, 5.74) is 2.05. The van der Waals surface area contributed by atoms with E-state index >= 15 is 0 Å². The molecule has 0 bridgehead atoms. The molecule has 2 N–H and O–H groups in total. The third-order valence-electron chi connectivity index (χ3n) is 5.99. The molecule has 4 heterocycles. The molecule has 1 fully saturated rings. The average molecular weight is 442 g/mol. The Morgan fingerprint density at radius 2 is 1.97 bits per heavy atom. The predicted molar refractivity (Wildman–Crippen MR) is 114 cm³/mol. The van der Waals surface area contributed by atoms with Crippen molar-refractivity contribution in [1.82, 2.24) is 19.9 Å². The van der Waals surface area contributed by atoms with Crippen molar-refractivity contribution >= 4 is 27.8 Å². The maximum Gasteiger partial charge on any atom is 0.433 e. The lowest BCUT2D eigenvalue weighted by atomic mass is 9.94. The number of piperidine rings is 1. The highest BCUT2D eigenvalue weighted by Crippen LogP contribution is 2.32. The van der Waals surface area contributed by atoms with Gasteiger partial charge in [-0.15, -0.1) is 0 Å². The van der Waals surface area contributed by atoms with Gasteiger partial charge < -0.3 is 19.6 Å². The molecular weight excluding hydrogens is 421 g/mol. The van der Waals surface area contributed by atoms with Gasteiger partial charge in [-0.2, -0.15) is 13.2 Å². The van der Waals surface area contributed by atoms with Crippen LogP contribution < -0.4 is 4.74 Å². The number of halogens is 3. The van der Waals surface area contributed by atoms with Crippen LogP contribution in [-0.4, -0.2) is 46.0 Å². The van der Waals surface area contributed by atoms with Gasteiger partial charge in [0.15, 0.2) is 0 Å². The number of amides is 1. The van der Waals surface area contributed by atoms with Gasteiger partial charge in [-0.3, -0.25) is 4.79 Å². The molecule has 1 atom stereocenters. The van der Waals surface area contributed by atoms with E-state index in [9.17, 15) is 18.0 Å². The van der Waals surface area contributed by atoms with Gasteiger partial charge in [0.1, 0.15) is 17.1 Å². The molecule has 32 heavy (non-hydrogen) atoms. The van der Waals surface area contributed by atoms with Crippen LogP contribution in [0.25, 0.3) is 21.9 Å². The number of benzene rings is 1. The van der Waals surface area contributed by atoms with Crippen molar-refractivity contribution in [2.24, 2.45) is 0 Å². The fourth-order valence-corrected chi connectivity index (χ4v) is 4.34. The summed E-state index contributed by atoms with van der Waals surface area (Å²) in [7, 11) is 1.59. The number of hydrogen-bond acceptors (Lipinski definition) is 3. The molecule has 1 aromatic carbocycles. The number of carbonyl (C=O) groups excluding carboxylic acids is 1. The van der Waals surface area contributed by atoms with Gasteiger partial charge in [-0.1, -0.05) is 0 Å². The Labute approximate surface area is 181 Å². The number of rotatable bonds is 3. The van der Waals surface area contributed by atoms with Crippen molar-refractivity contribution < 1.29 is 22.7 Å². The number of H-pyrrole nitrogens is 2. The Morgan fingerprint density at radius 3 is 2.75 bits per heavy atom. The molecule has 1 saturated heterocycles. The van der Waals surface area contributed by atoms with Gasteiger partial charge in [0.25, 0.3) is 5.91 Å². The zero-order chi connectivity index (χ0) is 22.5. The van der Waals surface area contributed by atoms with Crippen molar-refractivity contribution in [3.63, 3.8) is 0 Å². The zero-order valence-corrected chi connectivity index (χ0v) is 17.3. The Bertz CT molecular complexity index is 1310. The maximum atomic E-state index is 13.1. The molecule has 0 unspecified atom stereocenters. The topological polar surface area (TPSA) is 74.0 Å². The van der Waals surface area contributed by atoms with Crippen LogP contribution >= 0.6 is 0 Å². The van der Waals surface area contributed by atoms with Gasteiger partial charge in [0.05, 0.1) is 18.1 Å². The summed E-state index contributed by atoms with van der Waals surface area (Å²) in [6, 6.07) is 11.5. The first-order valence-electron chi connectivity index (χ1n) is 10.3. The number of aromatic nitrogens is 3. The standard InChI is InChI=1S/C23H21F3N4O2/c1-32-15-5-4-13-9-20(28-17(13)10-15)22(31)30-8-2-3-14(12-30)18-11-19-16(27-18)6-7-21(29-19)23(24,25)26/h4-7,9-11,14,27-28H,2-3,8,12H2,1H3/t14-/m0/s1. The number of pyridine rings is 1. The van der Waals surface area contributed by atoms with Crippen LogP contribution in [0, 0.1) is 0 Å². The van der Waals surface area contributed by atoms with Crippen molar-refractivity contribution in [3.8, 4) is 5.75 Å². The smallest absolute Gasteiger partial charge is 0.433 e. The highest BCUT2D eigenvalue weighted by molar-refractivity contribution is 5.98. The van der Waals surface area contributed by atoms with E-state index in [0.29, 0.717) is 30.0 Å². The van der Waals surface area contributed by atoms with Crippen molar-refractivity contribution in [2.45, 2.75) is 24.9 Å². The first-order chi connectivity index (χ1) is 15.3. The van der Waals surface area contributed by atoms with Crippen LogP contribution in [0.5, 0.6) is 5.75 Å². The number of ether oxygens (including phenoxy) is 1. The van der Waals surface area contributed by atoms with Crippen LogP contribution in [0.3, 0.4) is 0 Å². The second-order valence-corrected chi connectivity index (χ2v) is 8.08. The largest absolute Gasteiger partial charge is 0.497 e. The van der Waals surface area contributed by atoms with Gasteiger partial charge in [0, 0.05) is 41.7 Å². The Morgan fingerprint density at radius 1 is 1.12 bits per heavy atom. The number of nitrogens with zero attached hydrogens (tertiary/aromatic N) is 2. The van der Waals surface area contributed by atoms with Crippen LogP contribution in [-0.2, 0) is 6.18 Å². The summed E-state index contributed by atoms with van der Waals surface area (Å²) in [4.78, 5) is 25.0. The Balaban J connectivity index is 1.37. The summed E-state index contributed by atoms with van der Waals surface area (Å²) in [6.07, 6.45) is -2.84. The molecule has 166 valence electrons. The van der Waals surface area contributed by atoms with Crippen LogP contribution in [0.1, 0.15) is 40.6 Å². The third-order valence-corrected chi connectivity index (χ3v) is 5.99. The van der Waals surface area contributed by atoms with E-state index in [1.54, 1.807) is 18.1 Å². The highest BCUT2D eigenvalue weighted by atomic mass is 19.4. The number of nitrogens with one attached hydrogen (secondary N) is 2. The average Bonchev–Trinajstić information content (AvgIpc) is 3.41. The summed E-state index contributed by atoms with van der Waals surface area (Å²) < 4.78 is 44.1. The second-order valence-electron chi connectivity index (χ2n) is 8.08. The molecule has 0 saturated carbocycles. The molecule has 1 amide bonds. The van der Waals surface area contributed by atoms with E-state index in [1.165, 1.54) is 6.07 Å². The number of carbonyl (C=O) groups is 1. The van der Waals surface area contributed by atoms with E-state index < -0.39 is 11.9 Å². The Kier molecular flexibility index (Phi) is 4.83. The van der Waals surface area contributed by atoms with E-state index in [4.69, 9.17) is 4.74 Å². The molecule has 0 aliphatic carbocycles. The molecule has 1 aliphatic heterocycles. The van der Waals surface area contributed by atoms with Crippen molar-refractivity contribution in [2.75, 3.05) is 20.2 Å². The third kappa shape index (κ3) is 3.68. The lowest BCUT2D eigenvalue weighted by Gasteiger charge is -2.32. The summed E-state index contributed by atoms with van der Waals surface area (Å²) in [6.45, 7) is 1.11. The number of methoxy groups -OCH3 is 1. The van der Waals surface area contributed by atoms with E-state index in [1.807, 2.05) is 24.3 Å². The SMILES string of the molecule is COc1ccc2cc(C(=O)N3CCC[C@H](c4cc5nc(C(F)(F)F)ccc5[nH]4)C3)[nH]c2c1. The monoisotopic (exact) mass is 442 g/mol. The number of fused-ring (bicyclic) bond motifs is 2. The maximum absolute atomic E-state index is 13.1. The second kappa shape index (κ2) is 7.58. The van der Waals surface area contributed by atoms with Crippen molar-refractivity contribution in [1.29, 1.82) is 0 Å². The molecule has 3 aromatic heterocycles. The van der Waals surface area contributed by atoms with Crippen LogP contribution in [0.4, 0.5) is 13.2 Å². The summed E-state index contributed by atoms with van der Waals surface area (Å²) in [5, 5.41) is 0.921. The zero-order valence-electron chi connectivity index (χ0n) is 17.3. The molecule has 0 spiro atoms. The molecule has 1 aliphatic rings. The predicted octanol–water partition coefficient (Wildman–Crippen LogP) is 5.09. The quantitative estimate of drug-likeness (QED) is 0.464. The Hall–Kier alpha value is -3.49. The normalized spacial score (nSPS) is 17.2. The van der Waals surface area contributed by atoms with Crippen LogP contribution in [0.2, 0.25) is 0 Å². The van der Waals surface area contributed by atoms with Gasteiger partial charge in [-0.25, -0.2) is 4.98 Å². The summed E-state index contributed by atoms with van der Waals surface area (Å²) >= 11 is 0. The molecule has 0 radical (unpaired) electrons. The number of likely N-dealkylation sites (tertiary alicyclic amines) is 1. The minimum absolute atomic E-state index is 0.000657. The molecule has 4 aromatic rings. The minimum Gasteiger partial charge on any atom is -0.497 e. The van der Waals surface area contributed by atoms with E-state index in [2.05, 4.69) is 15.0 Å². The first-order valence-corrected chi connectivity index (χ1v) is 10.3. The van der Waals surface area contributed by atoms with E-state index in [0.717, 1.165) is 35.5 Å². The first kappa shape index (κ1) is 20.4. The fourth-order valence-electron chi connectivity index (χ4n) is 4.34. The minimum atomic E-state index is -4.48. The van der Waals surface area contributed by atoms with Gasteiger partial charge in [0.2, 0.25) is 0 Å². The fraction of sp³-hybridized carbons (Fsp3) is 0.304. The number of aromatic amines is 2. The molecular formula is C23H21F3N4O2. The number of hydrogen-bond donors (Lipinski definition) is 2. The van der Waals surface area contributed by atoms with Crippen molar-refractivity contribution in [3.05, 3.63) is 59.5 Å². The highest BCUT2D eigenvalue weighted by Gasteiger charge is 2.33. The molecule has 6 nitrogen and oxygen atoms in total.